The fourth-order valence-electron chi connectivity index (χ4n) is 6.17. The van der Waals surface area contributed by atoms with Gasteiger partial charge in [0.25, 0.3) is 0 Å². The highest BCUT2D eigenvalue weighted by Crippen LogP contribution is 2.34. The van der Waals surface area contributed by atoms with E-state index in [1.165, 1.54) is 22.9 Å². The van der Waals surface area contributed by atoms with Crippen molar-refractivity contribution in [2.45, 2.75) is 50.7 Å². The molecule has 0 aliphatic carbocycles. The fourth-order valence-corrected chi connectivity index (χ4v) is 7.61. The van der Waals surface area contributed by atoms with Gasteiger partial charge in [-0.15, -0.1) is 11.3 Å². The van der Waals surface area contributed by atoms with Crippen LogP contribution in [0.1, 0.15) is 37.7 Å². The molecule has 1 N–H and O–H groups in total. The maximum absolute atomic E-state index is 13.5. The monoisotopic (exact) mass is 601 g/mol. The summed E-state index contributed by atoms with van der Waals surface area (Å²) in [4.78, 5) is 18.3. The lowest BCUT2D eigenvalue weighted by Crippen LogP contribution is -2.46. The van der Waals surface area contributed by atoms with Crippen molar-refractivity contribution < 1.29 is 14.3 Å². The Labute approximate surface area is 250 Å². The normalized spacial score (nSPS) is 21.2. The van der Waals surface area contributed by atoms with Crippen LogP contribution in [0, 0.1) is 5.92 Å². The van der Waals surface area contributed by atoms with Crippen LogP contribution in [0.25, 0.3) is 10.1 Å². The van der Waals surface area contributed by atoms with E-state index in [2.05, 4.69) is 39.4 Å². The van der Waals surface area contributed by atoms with Crippen molar-refractivity contribution in [1.82, 2.24) is 10.2 Å². The number of thiophene rings is 1. The lowest BCUT2D eigenvalue weighted by Gasteiger charge is -2.27. The van der Waals surface area contributed by atoms with E-state index in [9.17, 15) is 4.79 Å². The highest BCUT2D eigenvalue weighted by molar-refractivity contribution is 7.22. The summed E-state index contributed by atoms with van der Waals surface area (Å²) >= 11 is 14.5. The Kier molecular flexibility index (Phi) is 9.04. The van der Waals surface area contributed by atoms with E-state index in [0.717, 1.165) is 93.0 Å². The van der Waals surface area contributed by atoms with Crippen LogP contribution in [0.2, 0.25) is 9.36 Å². The summed E-state index contributed by atoms with van der Waals surface area (Å²) in [6.07, 6.45) is 5.97. The molecule has 0 saturated carbocycles. The van der Waals surface area contributed by atoms with Gasteiger partial charge in [0, 0.05) is 48.9 Å². The Morgan fingerprint density at radius 1 is 1.05 bits per heavy atom. The molecule has 2 atom stereocenters. The minimum Gasteiger partial charge on any atom is -0.489 e. The lowest BCUT2D eigenvalue weighted by atomic mass is 10.0. The molecule has 0 bridgehead atoms. The highest BCUT2D eigenvalue weighted by Gasteiger charge is 2.31. The van der Waals surface area contributed by atoms with Gasteiger partial charge in [-0.05, 0) is 80.1 Å². The van der Waals surface area contributed by atoms with Gasteiger partial charge in [0.1, 0.15) is 11.9 Å². The Hall–Kier alpha value is -2.03. The van der Waals surface area contributed by atoms with Gasteiger partial charge >= 0.3 is 0 Å². The molecular weight excluding hydrogens is 565 g/mol. The van der Waals surface area contributed by atoms with Gasteiger partial charge in [-0.3, -0.25) is 4.79 Å². The zero-order valence-corrected chi connectivity index (χ0v) is 25.1. The number of fused-ring (bicyclic) bond motifs is 1. The number of hydrogen-bond donors (Lipinski definition) is 1. The molecule has 6 rings (SSSR count). The number of likely N-dealkylation sites (tertiary alicyclic amines) is 1. The van der Waals surface area contributed by atoms with Crippen molar-refractivity contribution in [1.29, 1.82) is 0 Å². The molecule has 4 heterocycles. The number of nitrogens with zero attached hydrogens (tertiary/aromatic N) is 2. The molecule has 3 aliphatic heterocycles. The first-order chi connectivity index (χ1) is 19.5. The summed E-state index contributed by atoms with van der Waals surface area (Å²) in [7, 11) is 0. The van der Waals surface area contributed by atoms with Gasteiger partial charge in [0.15, 0.2) is 0 Å². The largest absolute Gasteiger partial charge is 0.489 e. The summed E-state index contributed by atoms with van der Waals surface area (Å²) < 4.78 is 13.6. The average molecular weight is 603 g/mol. The van der Waals surface area contributed by atoms with Crippen molar-refractivity contribution in [3.05, 3.63) is 57.4 Å². The number of amides is 1. The molecule has 1 aromatic heterocycles. The van der Waals surface area contributed by atoms with Crippen LogP contribution in [0.3, 0.4) is 0 Å². The number of halogens is 2. The van der Waals surface area contributed by atoms with Crippen molar-refractivity contribution >= 4 is 56.2 Å². The quantitative estimate of drug-likeness (QED) is 0.307. The van der Waals surface area contributed by atoms with E-state index in [-0.39, 0.29) is 24.0 Å². The number of ether oxygens (including phenoxy) is 2. The Bertz CT molecular complexity index is 1320. The zero-order chi connectivity index (χ0) is 27.5. The maximum atomic E-state index is 13.5. The second-order valence-corrected chi connectivity index (χ2v) is 13.4. The fraction of sp³-hybridized carbons (Fsp3) is 0.516. The van der Waals surface area contributed by atoms with Gasteiger partial charge in [0.05, 0.1) is 28.5 Å². The van der Waals surface area contributed by atoms with E-state index in [1.807, 2.05) is 18.2 Å². The number of rotatable bonds is 9. The maximum Gasteiger partial charge on any atom is 0.225 e. The molecule has 6 nitrogen and oxygen atoms in total. The van der Waals surface area contributed by atoms with Gasteiger partial charge < -0.3 is 24.6 Å². The molecule has 3 fully saturated rings. The molecule has 0 radical (unpaired) electrons. The molecule has 0 spiro atoms. The molecule has 214 valence electrons. The Balaban J connectivity index is 1.09. The minimum atomic E-state index is -0.0254. The number of hydrogen-bond acceptors (Lipinski definition) is 6. The molecule has 3 aliphatic rings. The zero-order valence-electron chi connectivity index (χ0n) is 22.7. The van der Waals surface area contributed by atoms with Crippen molar-refractivity contribution in [2.24, 2.45) is 5.92 Å². The van der Waals surface area contributed by atoms with Crippen LogP contribution < -0.4 is 15.0 Å². The smallest absolute Gasteiger partial charge is 0.225 e. The van der Waals surface area contributed by atoms with Crippen molar-refractivity contribution in [3.8, 4) is 5.75 Å². The standard InChI is InChI=1S/C31H37Cl2N3O3S/c32-27-16-21(3-6-28(27)39-26-8-13-38-14-9-26)15-24(20-35-10-1-2-11-35)34-31(37)23-7-12-36(19-23)25-5-4-22-17-30(33)40-29(22)18-25/h3-6,16-18,23-24,26H,1-2,7-15,19-20H2,(H,34,37)/t23-,24?/m1/s1. The molecule has 3 aromatic rings. The number of carbonyl (C=O) groups is 1. The summed E-state index contributed by atoms with van der Waals surface area (Å²) in [5.74, 6) is 0.853. The molecule has 1 unspecified atom stereocenters. The summed E-state index contributed by atoms with van der Waals surface area (Å²) in [5.41, 5.74) is 2.28. The van der Waals surface area contributed by atoms with Crippen LogP contribution in [-0.2, 0) is 16.0 Å². The molecule has 2 aromatic carbocycles. The topological polar surface area (TPSA) is 54.0 Å². The Morgan fingerprint density at radius 2 is 1.88 bits per heavy atom. The molecular formula is C31H37Cl2N3O3S. The predicted octanol–water partition coefficient (Wildman–Crippen LogP) is 6.42. The minimum absolute atomic E-state index is 0.0254. The lowest BCUT2D eigenvalue weighted by molar-refractivity contribution is -0.125. The molecule has 40 heavy (non-hydrogen) atoms. The van der Waals surface area contributed by atoms with Gasteiger partial charge in [-0.2, -0.15) is 0 Å². The van der Waals surface area contributed by atoms with Gasteiger partial charge in [-0.25, -0.2) is 0 Å². The predicted molar refractivity (Wildman–Crippen MR) is 164 cm³/mol. The third kappa shape index (κ3) is 6.88. The first-order valence-corrected chi connectivity index (χ1v) is 16.1. The molecule has 1 amide bonds. The number of anilines is 1. The first-order valence-electron chi connectivity index (χ1n) is 14.5. The van der Waals surface area contributed by atoms with E-state index in [0.29, 0.717) is 5.02 Å². The molecule has 3 saturated heterocycles. The third-order valence-corrected chi connectivity index (χ3v) is 9.88. The van der Waals surface area contributed by atoms with Crippen LogP contribution in [0.4, 0.5) is 5.69 Å². The Morgan fingerprint density at radius 3 is 2.67 bits per heavy atom. The second kappa shape index (κ2) is 12.9. The summed E-state index contributed by atoms with van der Waals surface area (Å²) in [6, 6.07) is 14.6. The highest BCUT2D eigenvalue weighted by atomic mass is 35.5. The third-order valence-electron chi connectivity index (χ3n) is 8.36. The van der Waals surface area contributed by atoms with E-state index in [4.69, 9.17) is 32.7 Å². The van der Waals surface area contributed by atoms with Crippen molar-refractivity contribution in [3.63, 3.8) is 0 Å². The molecule has 9 heteroatoms. The summed E-state index contributed by atoms with van der Waals surface area (Å²) in [5, 5.41) is 5.23. The number of carbonyl (C=O) groups excluding carboxylic acids is 1. The van der Waals surface area contributed by atoms with Crippen LogP contribution in [-0.4, -0.2) is 68.9 Å². The number of benzene rings is 2. The second-order valence-electron chi connectivity index (χ2n) is 11.3. The van der Waals surface area contributed by atoms with Crippen molar-refractivity contribution in [2.75, 3.05) is 50.8 Å². The van der Waals surface area contributed by atoms with Crippen LogP contribution in [0.15, 0.2) is 42.5 Å². The van der Waals surface area contributed by atoms with Crippen LogP contribution in [0.5, 0.6) is 5.75 Å². The van der Waals surface area contributed by atoms with E-state index in [1.54, 1.807) is 11.3 Å². The average Bonchev–Trinajstić information content (AvgIpc) is 3.71. The number of nitrogens with one attached hydrogen (secondary N) is 1. The van der Waals surface area contributed by atoms with E-state index < -0.39 is 0 Å². The van der Waals surface area contributed by atoms with Gasteiger partial charge in [-0.1, -0.05) is 35.3 Å². The SMILES string of the molecule is O=C(NC(Cc1ccc(OC2CCOCC2)c(Cl)c1)CN1CCCC1)[C@@H]1CCN(c2ccc3cc(Cl)sc3c2)C1. The summed E-state index contributed by atoms with van der Waals surface area (Å²) in [6.45, 7) is 6.12. The van der Waals surface area contributed by atoms with Gasteiger partial charge in [0.2, 0.25) is 5.91 Å². The van der Waals surface area contributed by atoms with Crippen LogP contribution >= 0.6 is 34.5 Å². The first kappa shape index (κ1) is 28.1. The van der Waals surface area contributed by atoms with E-state index >= 15 is 0 Å².